The molecule has 1 heterocycles. The molecule has 0 radical (unpaired) electrons. The van der Waals surface area contributed by atoms with Crippen LogP contribution in [0.2, 0.25) is 0 Å². The summed E-state index contributed by atoms with van der Waals surface area (Å²) in [5.74, 6) is -1.21. The molecule has 0 bridgehead atoms. The Bertz CT molecular complexity index is 307. The minimum absolute atomic E-state index is 0.0148. The minimum atomic E-state index is -4.80. The molecule has 0 unspecified atom stereocenters. The number of hydrogen-bond donors (Lipinski definition) is 2. The summed E-state index contributed by atoms with van der Waals surface area (Å²) < 4.78 is 35.2. The maximum absolute atomic E-state index is 11.7. The van der Waals surface area contributed by atoms with Crippen molar-refractivity contribution in [3.05, 3.63) is 18.2 Å². The summed E-state index contributed by atoms with van der Waals surface area (Å²) in [6.07, 6.45) is -0.696. The number of nitrogens with one attached hydrogen (secondary N) is 2. The highest BCUT2D eigenvalue weighted by Crippen LogP contribution is 2.13. The fourth-order valence-electron chi connectivity index (χ4n) is 0.993. The number of aryl methyl sites for hydroxylation is 1. The maximum Gasteiger partial charge on any atom is 0.471 e. The molecule has 1 aromatic heterocycles. The van der Waals surface area contributed by atoms with Gasteiger partial charge in [0.15, 0.2) is 0 Å². The predicted octanol–water partition coefficient (Wildman–Crippen LogP) is 1.02. The number of aromatic amines is 1. The van der Waals surface area contributed by atoms with E-state index in [0.29, 0.717) is 18.7 Å². The molecule has 0 fully saturated rings. The maximum atomic E-state index is 11.7. The zero-order valence-corrected chi connectivity index (χ0v) is 7.77. The molecule has 15 heavy (non-hydrogen) atoms. The average molecular weight is 221 g/mol. The summed E-state index contributed by atoms with van der Waals surface area (Å²) in [6.45, 7) is -0.0148. The lowest BCUT2D eigenvalue weighted by molar-refractivity contribution is -0.173. The van der Waals surface area contributed by atoms with Crippen molar-refractivity contribution in [2.45, 2.75) is 19.0 Å². The van der Waals surface area contributed by atoms with Crippen molar-refractivity contribution >= 4 is 5.91 Å². The lowest BCUT2D eigenvalue weighted by atomic mass is 10.3. The Hall–Kier alpha value is -1.53. The number of nitrogens with zero attached hydrogens (tertiary/aromatic N) is 1. The minimum Gasteiger partial charge on any atom is -0.349 e. The number of carbonyl (C=O) groups is 1. The van der Waals surface area contributed by atoms with Crippen molar-refractivity contribution in [1.82, 2.24) is 15.3 Å². The monoisotopic (exact) mass is 221 g/mol. The zero-order valence-electron chi connectivity index (χ0n) is 7.77. The number of amides is 1. The van der Waals surface area contributed by atoms with Crippen LogP contribution < -0.4 is 5.32 Å². The van der Waals surface area contributed by atoms with E-state index in [1.807, 2.05) is 0 Å². The third-order valence-corrected chi connectivity index (χ3v) is 1.69. The number of carbonyl (C=O) groups excluding carboxylic acids is 1. The summed E-state index contributed by atoms with van der Waals surface area (Å²) in [7, 11) is 0. The van der Waals surface area contributed by atoms with Crippen LogP contribution in [-0.4, -0.2) is 28.6 Å². The largest absolute Gasteiger partial charge is 0.471 e. The Kier molecular flexibility index (Phi) is 3.70. The van der Waals surface area contributed by atoms with Crippen molar-refractivity contribution in [3.63, 3.8) is 0 Å². The van der Waals surface area contributed by atoms with Gasteiger partial charge in [0.25, 0.3) is 0 Å². The van der Waals surface area contributed by atoms with Gasteiger partial charge in [0.2, 0.25) is 0 Å². The summed E-state index contributed by atoms with van der Waals surface area (Å²) in [5.41, 5.74) is 0. The van der Waals surface area contributed by atoms with Crippen LogP contribution in [0.5, 0.6) is 0 Å². The highest BCUT2D eigenvalue weighted by molar-refractivity contribution is 5.81. The number of halogens is 3. The van der Waals surface area contributed by atoms with Crippen LogP contribution in [0.3, 0.4) is 0 Å². The quantitative estimate of drug-likeness (QED) is 0.746. The van der Waals surface area contributed by atoms with Gasteiger partial charge in [-0.25, -0.2) is 4.98 Å². The Morgan fingerprint density at radius 3 is 2.80 bits per heavy atom. The Morgan fingerprint density at radius 2 is 2.27 bits per heavy atom. The first-order valence-corrected chi connectivity index (χ1v) is 4.33. The number of H-pyrrole nitrogens is 1. The van der Waals surface area contributed by atoms with Gasteiger partial charge in [-0.15, -0.1) is 0 Å². The van der Waals surface area contributed by atoms with Crippen LogP contribution in [0.1, 0.15) is 12.2 Å². The van der Waals surface area contributed by atoms with E-state index in [9.17, 15) is 18.0 Å². The number of aromatic nitrogens is 2. The van der Waals surface area contributed by atoms with Crippen molar-refractivity contribution < 1.29 is 18.0 Å². The van der Waals surface area contributed by atoms with Crippen LogP contribution in [0, 0.1) is 0 Å². The smallest absolute Gasteiger partial charge is 0.349 e. The lowest BCUT2D eigenvalue weighted by Gasteiger charge is -2.06. The molecular weight excluding hydrogens is 211 g/mol. The van der Waals surface area contributed by atoms with Gasteiger partial charge in [0.1, 0.15) is 5.82 Å². The molecule has 0 aliphatic rings. The van der Waals surface area contributed by atoms with E-state index in [1.54, 1.807) is 17.7 Å². The normalized spacial score (nSPS) is 11.4. The van der Waals surface area contributed by atoms with Crippen molar-refractivity contribution in [1.29, 1.82) is 0 Å². The number of hydrogen-bond acceptors (Lipinski definition) is 2. The highest BCUT2D eigenvalue weighted by atomic mass is 19.4. The van der Waals surface area contributed by atoms with Crippen molar-refractivity contribution in [3.8, 4) is 0 Å². The molecule has 0 spiro atoms. The summed E-state index contributed by atoms with van der Waals surface area (Å²) in [4.78, 5) is 17.1. The second-order valence-corrected chi connectivity index (χ2v) is 2.89. The van der Waals surface area contributed by atoms with Gasteiger partial charge in [-0.1, -0.05) is 0 Å². The molecule has 4 nitrogen and oxygen atoms in total. The molecular formula is C8H10F3N3O. The molecule has 7 heteroatoms. The number of imidazole rings is 1. The Balaban J connectivity index is 2.15. The van der Waals surface area contributed by atoms with Gasteiger partial charge < -0.3 is 10.3 Å². The number of rotatable bonds is 4. The van der Waals surface area contributed by atoms with Crippen LogP contribution in [0.25, 0.3) is 0 Å². The van der Waals surface area contributed by atoms with Crippen LogP contribution >= 0.6 is 0 Å². The third-order valence-electron chi connectivity index (χ3n) is 1.69. The Morgan fingerprint density at radius 1 is 1.53 bits per heavy atom. The molecule has 1 rings (SSSR count). The van der Waals surface area contributed by atoms with Gasteiger partial charge in [-0.05, 0) is 6.42 Å². The number of alkyl halides is 3. The van der Waals surface area contributed by atoms with Gasteiger partial charge in [-0.3, -0.25) is 4.79 Å². The van der Waals surface area contributed by atoms with E-state index < -0.39 is 12.1 Å². The van der Waals surface area contributed by atoms with E-state index in [1.165, 1.54) is 0 Å². The van der Waals surface area contributed by atoms with E-state index in [2.05, 4.69) is 9.97 Å². The molecule has 0 aliphatic heterocycles. The van der Waals surface area contributed by atoms with Gasteiger partial charge in [-0.2, -0.15) is 13.2 Å². The first-order chi connectivity index (χ1) is 7.00. The second-order valence-electron chi connectivity index (χ2n) is 2.89. The highest BCUT2D eigenvalue weighted by Gasteiger charge is 2.38. The van der Waals surface area contributed by atoms with Gasteiger partial charge in [0, 0.05) is 25.4 Å². The standard InChI is InChI=1S/C8H10F3N3O/c9-8(10,11)7(15)14-3-1-2-6-12-4-5-13-6/h4-5H,1-3H2,(H,12,13)(H,14,15). The fourth-order valence-corrected chi connectivity index (χ4v) is 0.993. The molecule has 1 aromatic rings. The van der Waals surface area contributed by atoms with Crippen LogP contribution in [0.15, 0.2) is 12.4 Å². The molecule has 0 saturated carbocycles. The zero-order chi connectivity index (χ0) is 11.3. The Labute approximate surface area is 83.9 Å². The van der Waals surface area contributed by atoms with Crippen LogP contribution in [-0.2, 0) is 11.2 Å². The average Bonchev–Trinajstić information content (AvgIpc) is 2.63. The summed E-state index contributed by atoms with van der Waals surface area (Å²) in [6, 6.07) is 0. The van der Waals surface area contributed by atoms with Gasteiger partial charge in [0.05, 0.1) is 0 Å². The summed E-state index contributed by atoms with van der Waals surface area (Å²) in [5, 5.41) is 1.78. The molecule has 0 saturated heterocycles. The van der Waals surface area contributed by atoms with E-state index in [-0.39, 0.29) is 6.54 Å². The van der Waals surface area contributed by atoms with Gasteiger partial charge >= 0.3 is 12.1 Å². The molecule has 2 N–H and O–H groups in total. The second kappa shape index (κ2) is 4.81. The SMILES string of the molecule is O=C(NCCCc1ncc[nH]1)C(F)(F)F. The van der Waals surface area contributed by atoms with E-state index >= 15 is 0 Å². The first kappa shape index (κ1) is 11.5. The van der Waals surface area contributed by atoms with Crippen molar-refractivity contribution in [2.24, 2.45) is 0 Å². The molecule has 0 aliphatic carbocycles. The molecule has 84 valence electrons. The fraction of sp³-hybridized carbons (Fsp3) is 0.500. The first-order valence-electron chi connectivity index (χ1n) is 4.33. The molecule has 0 aromatic carbocycles. The van der Waals surface area contributed by atoms with E-state index in [4.69, 9.17) is 0 Å². The third kappa shape index (κ3) is 4.01. The molecule has 1 amide bonds. The lowest BCUT2D eigenvalue weighted by Crippen LogP contribution is -2.37. The summed E-state index contributed by atoms with van der Waals surface area (Å²) >= 11 is 0. The van der Waals surface area contributed by atoms with E-state index in [0.717, 1.165) is 0 Å². The topological polar surface area (TPSA) is 57.8 Å². The molecule has 0 atom stereocenters. The van der Waals surface area contributed by atoms with Crippen LogP contribution in [0.4, 0.5) is 13.2 Å². The van der Waals surface area contributed by atoms with Crippen molar-refractivity contribution in [2.75, 3.05) is 6.54 Å². The predicted molar refractivity (Wildman–Crippen MR) is 46.0 cm³/mol.